The number of rotatable bonds is 2. The van der Waals surface area contributed by atoms with E-state index >= 15 is 0 Å². The first-order valence-electron chi connectivity index (χ1n) is 3.09. The molecular weight excluding hydrogens is 166 g/mol. The molecule has 12 heavy (non-hydrogen) atoms. The topological polar surface area (TPSA) is 34.1 Å². The Morgan fingerprint density at radius 3 is 2.25 bits per heavy atom. The quantitative estimate of drug-likeness (QED) is 0.631. The summed E-state index contributed by atoms with van der Waals surface area (Å²) in [6.07, 6.45) is 0.411. The highest BCUT2D eigenvalue weighted by Crippen LogP contribution is 2.13. The van der Waals surface area contributed by atoms with Crippen LogP contribution in [0.25, 0.3) is 0 Å². The van der Waals surface area contributed by atoms with Crippen LogP contribution in [-0.2, 0) is 0 Å². The molecule has 0 aliphatic carbocycles. The zero-order valence-electron chi connectivity index (χ0n) is 5.88. The first-order chi connectivity index (χ1) is 5.70. The molecule has 0 atom stereocenters. The van der Waals surface area contributed by atoms with Gasteiger partial charge in [-0.05, 0) is 12.1 Å². The molecule has 0 aliphatic rings. The molecule has 2 nitrogen and oxygen atoms in total. The van der Waals surface area contributed by atoms with E-state index < -0.39 is 17.2 Å². The molecule has 0 aromatic heterocycles. The van der Waals surface area contributed by atoms with Crippen molar-refractivity contribution in [1.82, 2.24) is 0 Å². The van der Waals surface area contributed by atoms with Crippen molar-refractivity contribution in [3.63, 3.8) is 0 Å². The lowest BCUT2D eigenvalue weighted by Gasteiger charge is -1.98. The highest BCUT2D eigenvalue weighted by atomic mass is 19.2. The fourth-order valence-corrected chi connectivity index (χ4v) is 0.804. The first-order valence-corrected chi connectivity index (χ1v) is 3.09. The van der Waals surface area contributed by atoms with Crippen LogP contribution in [0.15, 0.2) is 12.1 Å². The third-order valence-corrected chi connectivity index (χ3v) is 1.41. The summed E-state index contributed by atoms with van der Waals surface area (Å²) in [6.45, 7) is 0. The van der Waals surface area contributed by atoms with Crippen LogP contribution in [-0.4, -0.2) is 12.6 Å². The Kier molecular flexibility index (Phi) is 2.28. The largest absolute Gasteiger partial charge is 0.298 e. The fourth-order valence-electron chi connectivity index (χ4n) is 0.804. The Morgan fingerprint density at radius 1 is 1.08 bits per heavy atom. The maximum Gasteiger partial charge on any atom is 0.170 e. The second-order valence-electron chi connectivity index (χ2n) is 2.10. The van der Waals surface area contributed by atoms with Crippen LogP contribution in [0.3, 0.4) is 0 Å². The average molecular weight is 170 g/mol. The van der Waals surface area contributed by atoms with E-state index in [1.807, 2.05) is 0 Å². The smallest absolute Gasteiger partial charge is 0.170 e. The lowest BCUT2D eigenvalue weighted by atomic mass is 10.1. The van der Waals surface area contributed by atoms with Crippen LogP contribution in [0.4, 0.5) is 8.78 Å². The van der Waals surface area contributed by atoms with Gasteiger partial charge in [0.2, 0.25) is 0 Å². The van der Waals surface area contributed by atoms with Crippen LogP contribution in [0.5, 0.6) is 0 Å². The summed E-state index contributed by atoms with van der Waals surface area (Å²) in [7, 11) is 0. The minimum absolute atomic E-state index is 0.113. The van der Waals surface area contributed by atoms with Crippen molar-refractivity contribution < 1.29 is 18.4 Å². The average Bonchev–Trinajstić information content (AvgIpc) is 2.09. The molecule has 0 amide bonds. The van der Waals surface area contributed by atoms with Crippen LogP contribution < -0.4 is 0 Å². The Morgan fingerprint density at radius 2 is 1.75 bits per heavy atom. The van der Waals surface area contributed by atoms with Crippen molar-refractivity contribution >= 4 is 12.6 Å². The van der Waals surface area contributed by atoms with E-state index in [-0.39, 0.29) is 11.8 Å². The molecule has 1 aromatic rings. The zero-order chi connectivity index (χ0) is 9.14. The number of aldehydes is 2. The van der Waals surface area contributed by atoms with Gasteiger partial charge < -0.3 is 0 Å². The minimum atomic E-state index is -1.28. The van der Waals surface area contributed by atoms with Gasteiger partial charge in [-0.15, -0.1) is 0 Å². The first kappa shape index (κ1) is 8.52. The molecule has 1 rings (SSSR count). The van der Waals surface area contributed by atoms with E-state index in [0.717, 1.165) is 12.1 Å². The van der Waals surface area contributed by atoms with Crippen molar-refractivity contribution in [2.45, 2.75) is 0 Å². The van der Waals surface area contributed by atoms with E-state index in [1.54, 1.807) is 0 Å². The molecule has 0 bridgehead atoms. The molecule has 0 radical (unpaired) electrons. The van der Waals surface area contributed by atoms with Gasteiger partial charge in [-0.1, -0.05) is 0 Å². The third-order valence-electron chi connectivity index (χ3n) is 1.41. The van der Waals surface area contributed by atoms with Gasteiger partial charge in [-0.25, -0.2) is 8.78 Å². The van der Waals surface area contributed by atoms with Crippen LogP contribution >= 0.6 is 0 Å². The van der Waals surface area contributed by atoms with Gasteiger partial charge >= 0.3 is 0 Å². The lowest BCUT2D eigenvalue weighted by molar-refractivity contribution is 0.109. The van der Waals surface area contributed by atoms with Crippen LogP contribution in [0.1, 0.15) is 20.7 Å². The molecule has 4 heteroatoms. The van der Waals surface area contributed by atoms with Crippen molar-refractivity contribution in [3.8, 4) is 0 Å². The van der Waals surface area contributed by atoms with Crippen molar-refractivity contribution in [1.29, 1.82) is 0 Å². The summed E-state index contributed by atoms with van der Waals surface area (Å²) in [5.74, 6) is -2.42. The maximum atomic E-state index is 12.7. The molecule has 62 valence electrons. The summed E-state index contributed by atoms with van der Waals surface area (Å²) >= 11 is 0. The Labute approximate surface area is 66.8 Å². The summed E-state index contributed by atoms with van der Waals surface area (Å²) in [5, 5.41) is 0. The van der Waals surface area contributed by atoms with Gasteiger partial charge in [-0.3, -0.25) is 9.59 Å². The number of halogens is 2. The minimum Gasteiger partial charge on any atom is -0.298 e. The highest BCUT2D eigenvalue weighted by Gasteiger charge is 2.11. The second-order valence-corrected chi connectivity index (χ2v) is 2.10. The zero-order valence-corrected chi connectivity index (χ0v) is 5.88. The lowest BCUT2D eigenvalue weighted by Crippen LogP contribution is -1.98. The summed E-state index contributed by atoms with van der Waals surface area (Å²) in [6, 6.07) is 1.85. The van der Waals surface area contributed by atoms with E-state index in [0.29, 0.717) is 6.29 Å². The highest BCUT2D eigenvalue weighted by molar-refractivity contribution is 5.90. The van der Waals surface area contributed by atoms with Gasteiger partial charge in [0.05, 0.1) is 5.56 Å². The molecule has 0 saturated carbocycles. The molecule has 0 aliphatic heterocycles. The molecule has 0 saturated heterocycles. The molecule has 1 aromatic carbocycles. The molecular formula is C8H4F2O2. The summed E-state index contributed by atoms with van der Waals surface area (Å²) in [5.41, 5.74) is -0.686. The van der Waals surface area contributed by atoms with Crippen LogP contribution in [0, 0.1) is 11.6 Å². The predicted molar refractivity (Wildman–Crippen MR) is 37.1 cm³/mol. The van der Waals surface area contributed by atoms with Gasteiger partial charge in [0.15, 0.2) is 24.2 Å². The SMILES string of the molecule is O=Cc1ccc(F)c(F)c1C=O. The van der Waals surface area contributed by atoms with E-state index in [4.69, 9.17) is 0 Å². The maximum absolute atomic E-state index is 12.7. The molecule has 0 heterocycles. The standard InChI is InChI=1S/C8H4F2O2/c9-7-2-1-5(3-11)6(4-12)8(7)10/h1-4H. The molecule has 0 unspecified atom stereocenters. The van der Waals surface area contributed by atoms with Gasteiger partial charge in [0, 0.05) is 5.56 Å². The molecule has 0 spiro atoms. The fraction of sp³-hybridized carbons (Fsp3) is 0. The Hall–Kier alpha value is -1.58. The Balaban J connectivity index is 3.45. The second kappa shape index (κ2) is 3.21. The number of hydrogen-bond acceptors (Lipinski definition) is 2. The van der Waals surface area contributed by atoms with Gasteiger partial charge in [0.25, 0.3) is 0 Å². The number of carbonyl (C=O) groups excluding carboxylic acids is 2. The van der Waals surface area contributed by atoms with Gasteiger partial charge in [-0.2, -0.15) is 0 Å². The van der Waals surface area contributed by atoms with E-state index in [9.17, 15) is 18.4 Å². The molecule has 0 fully saturated rings. The van der Waals surface area contributed by atoms with E-state index in [1.165, 1.54) is 0 Å². The van der Waals surface area contributed by atoms with Crippen molar-refractivity contribution in [2.24, 2.45) is 0 Å². The number of carbonyl (C=O) groups is 2. The monoisotopic (exact) mass is 170 g/mol. The summed E-state index contributed by atoms with van der Waals surface area (Å²) in [4.78, 5) is 20.4. The van der Waals surface area contributed by atoms with Crippen molar-refractivity contribution in [3.05, 3.63) is 34.9 Å². The number of hydrogen-bond donors (Lipinski definition) is 0. The van der Waals surface area contributed by atoms with Gasteiger partial charge in [0.1, 0.15) is 0 Å². The normalized spacial score (nSPS) is 9.50. The molecule has 0 N–H and O–H groups in total. The number of benzene rings is 1. The summed E-state index contributed by atoms with van der Waals surface area (Å²) < 4.78 is 25.1. The van der Waals surface area contributed by atoms with Crippen molar-refractivity contribution in [2.75, 3.05) is 0 Å². The van der Waals surface area contributed by atoms with E-state index in [2.05, 4.69) is 0 Å². The third kappa shape index (κ3) is 1.23. The van der Waals surface area contributed by atoms with Crippen LogP contribution in [0.2, 0.25) is 0 Å². The predicted octanol–water partition coefficient (Wildman–Crippen LogP) is 1.59. The Bertz CT molecular complexity index is 334.